The molecule has 2 aromatic carbocycles. The van der Waals surface area contributed by atoms with Crippen molar-refractivity contribution in [2.24, 2.45) is 0 Å². The maximum Gasteiger partial charge on any atom is 0.273 e. The van der Waals surface area contributed by atoms with Crippen LogP contribution in [0, 0.1) is 0 Å². The molecular weight excluding hydrogens is 422 g/mol. The van der Waals surface area contributed by atoms with Gasteiger partial charge in [-0.2, -0.15) is 0 Å². The minimum absolute atomic E-state index is 0.0683. The number of hydrogen-bond acceptors (Lipinski definition) is 3. The zero-order valence-corrected chi connectivity index (χ0v) is 16.8. The van der Waals surface area contributed by atoms with E-state index in [0.717, 1.165) is 28.4 Å². The van der Waals surface area contributed by atoms with Crippen LogP contribution in [0.4, 0.5) is 0 Å². The topological polar surface area (TPSA) is 84.0 Å². The zero-order valence-electron chi connectivity index (χ0n) is 15.2. The number of nitrogens with zero attached hydrogens (tertiary/aromatic N) is 1. The lowest BCUT2D eigenvalue weighted by Gasteiger charge is -2.42. The first kappa shape index (κ1) is 18.7. The molecular formula is C21H20BrN3O3. The fraction of sp³-hybridized carbons (Fsp3) is 0.286. The Hall–Kier alpha value is -2.67. The fourth-order valence-corrected chi connectivity index (χ4v) is 4.21. The number of carbonyl (C=O) groups is 1. The third kappa shape index (κ3) is 3.42. The summed E-state index contributed by atoms with van der Waals surface area (Å²) in [6, 6.07) is 14.8. The van der Waals surface area contributed by atoms with Crippen LogP contribution in [0.3, 0.4) is 0 Å². The van der Waals surface area contributed by atoms with Crippen LogP contribution >= 0.6 is 15.9 Å². The summed E-state index contributed by atoms with van der Waals surface area (Å²) in [5, 5.41) is 6.08. The van der Waals surface area contributed by atoms with Gasteiger partial charge < -0.3 is 5.32 Å². The molecule has 3 aromatic rings. The van der Waals surface area contributed by atoms with Crippen molar-refractivity contribution in [1.29, 1.82) is 0 Å². The second kappa shape index (κ2) is 7.39. The largest absolute Gasteiger partial charge is 0.354 e. The molecule has 0 saturated heterocycles. The molecule has 0 aliphatic heterocycles. The first-order valence-electron chi connectivity index (χ1n) is 9.23. The smallest absolute Gasteiger partial charge is 0.273 e. The molecule has 4 rings (SSSR count). The average Bonchev–Trinajstić information content (AvgIpc) is 2.65. The maximum absolute atomic E-state index is 12.6. The molecule has 0 unspecified atom stereocenters. The molecule has 1 saturated carbocycles. The SMILES string of the molecule is O=C(Cn1[nH]c(=O)c2ccccc2c1=O)NCC1(c2cccc(Br)c2)CCC1. The highest BCUT2D eigenvalue weighted by molar-refractivity contribution is 9.10. The molecule has 0 atom stereocenters. The van der Waals surface area contributed by atoms with Gasteiger partial charge in [0.1, 0.15) is 6.54 Å². The highest BCUT2D eigenvalue weighted by atomic mass is 79.9. The van der Waals surface area contributed by atoms with Gasteiger partial charge >= 0.3 is 0 Å². The summed E-state index contributed by atoms with van der Waals surface area (Å²) >= 11 is 3.51. The summed E-state index contributed by atoms with van der Waals surface area (Å²) in [5.41, 5.74) is 0.370. The van der Waals surface area contributed by atoms with Crippen molar-refractivity contribution in [1.82, 2.24) is 15.1 Å². The van der Waals surface area contributed by atoms with Gasteiger partial charge in [-0.3, -0.25) is 19.5 Å². The summed E-state index contributed by atoms with van der Waals surface area (Å²) < 4.78 is 2.09. The van der Waals surface area contributed by atoms with E-state index in [2.05, 4.69) is 38.5 Å². The molecule has 7 heteroatoms. The first-order valence-corrected chi connectivity index (χ1v) is 10.0. The number of H-pyrrole nitrogens is 1. The van der Waals surface area contributed by atoms with Crippen molar-refractivity contribution >= 4 is 32.6 Å². The van der Waals surface area contributed by atoms with E-state index in [0.29, 0.717) is 17.3 Å². The van der Waals surface area contributed by atoms with Gasteiger partial charge in [-0.05, 0) is 42.7 Å². The van der Waals surface area contributed by atoms with Gasteiger partial charge in [0.2, 0.25) is 5.91 Å². The quantitative estimate of drug-likeness (QED) is 0.638. The third-order valence-corrected chi connectivity index (χ3v) is 6.05. The van der Waals surface area contributed by atoms with E-state index in [4.69, 9.17) is 0 Å². The van der Waals surface area contributed by atoms with Gasteiger partial charge in [0.15, 0.2) is 0 Å². The predicted octanol–water partition coefficient (Wildman–Crippen LogP) is 2.69. The summed E-state index contributed by atoms with van der Waals surface area (Å²) in [4.78, 5) is 37.2. The van der Waals surface area contributed by atoms with Gasteiger partial charge in [0, 0.05) is 16.4 Å². The van der Waals surface area contributed by atoms with Crippen LogP contribution in [0.15, 0.2) is 62.6 Å². The summed E-state index contributed by atoms with van der Waals surface area (Å²) in [5.74, 6) is -0.297. The van der Waals surface area contributed by atoms with Crippen molar-refractivity contribution in [2.75, 3.05) is 6.54 Å². The normalized spacial score (nSPS) is 15.2. The summed E-state index contributed by atoms with van der Waals surface area (Å²) in [6.45, 7) is 0.294. The lowest BCUT2D eigenvalue weighted by atomic mass is 9.64. The number of nitrogens with one attached hydrogen (secondary N) is 2. The van der Waals surface area contributed by atoms with Gasteiger partial charge in [0.05, 0.1) is 10.8 Å². The van der Waals surface area contributed by atoms with Crippen LogP contribution in [-0.4, -0.2) is 22.2 Å². The highest BCUT2D eigenvalue weighted by Crippen LogP contribution is 2.43. The Morgan fingerprint density at radius 2 is 1.86 bits per heavy atom. The fourth-order valence-electron chi connectivity index (χ4n) is 3.81. The van der Waals surface area contributed by atoms with E-state index in [1.165, 1.54) is 5.56 Å². The monoisotopic (exact) mass is 441 g/mol. The van der Waals surface area contributed by atoms with Gasteiger partial charge in [-0.25, -0.2) is 4.68 Å². The number of aromatic amines is 1. The highest BCUT2D eigenvalue weighted by Gasteiger charge is 2.38. The summed E-state index contributed by atoms with van der Waals surface area (Å²) in [7, 11) is 0. The van der Waals surface area contributed by atoms with Crippen molar-refractivity contribution in [3.05, 3.63) is 79.3 Å². The second-order valence-electron chi connectivity index (χ2n) is 7.30. The van der Waals surface area contributed by atoms with E-state index >= 15 is 0 Å². The number of halogens is 1. The van der Waals surface area contributed by atoms with Crippen LogP contribution in [0.2, 0.25) is 0 Å². The Morgan fingerprint density at radius 3 is 2.54 bits per heavy atom. The lowest BCUT2D eigenvalue weighted by Crippen LogP contribution is -2.47. The molecule has 2 N–H and O–H groups in total. The molecule has 1 fully saturated rings. The number of fused-ring (bicyclic) bond motifs is 1. The third-order valence-electron chi connectivity index (χ3n) is 5.56. The average molecular weight is 442 g/mol. The van der Waals surface area contributed by atoms with Crippen molar-refractivity contribution in [2.45, 2.75) is 31.2 Å². The number of carbonyl (C=O) groups excluding carboxylic acids is 1. The van der Waals surface area contributed by atoms with Crippen molar-refractivity contribution < 1.29 is 4.79 Å². The van der Waals surface area contributed by atoms with Gasteiger partial charge in [-0.1, -0.05) is 46.6 Å². The van der Waals surface area contributed by atoms with E-state index in [1.54, 1.807) is 24.3 Å². The van der Waals surface area contributed by atoms with Gasteiger partial charge in [0.25, 0.3) is 11.1 Å². The molecule has 1 amide bonds. The number of amides is 1. The second-order valence-corrected chi connectivity index (χ2v) is 8.21. The minimum Gasteiger partial charge on any atom is -0.354 e. The summed E-state index contributed by atoms with van der Waals surface area (Å²) in [6.07, 6.45) is 3.15. The molecule has 1 aliphatic carbocycles. The molecule has 1 aliphatic rings. The molecule has 0 bridgehead atoms. The molecule has 144 valence electrons. The standard InChI is InChI=1S/C21H20BrN3O3/c22-15-6-3-5-14(11-15)21(9-4-10-21)13-23-18(26)12-25-20(28)17-8-2-1-7-16(17)19(27)24-25/h1-3,5-8,11H,4,9-10,12-13H2,(H,23,26)(H,24,27). The van der Waals surface area contributed by atoms with Crippen LogP contribution in [0.5, 0.6) is 0 Å². The number of rotatable bonds is 5. The molecule has 1 heterocycles. The van der Waals surface area contributed by atoms with E-state index in [1.807, 2.05) is 12.1 Å². The molecule has 0 spiro atoms. The lowest BCUT2D eigenvalue weighted by molar-refractivity contribution is -0.122. The minimum atomic E-state index is -0.382. The van der Waals surface area contributed by atoms with Crippen LogP contribution in [-0.2, 0) is 16.8 Å². The van der Waals surface area contributed by atoms with Crippen LogP contribution in [0.25, 0.3) is 10.8 Å². The Kier molecular flexibility index (Phi) is 4.93. The Labute approximate surface area is 169 Å². The molecule has 28 heavy (non-hydrogen) atoms. The Balaban J connectivity index is 1.51. The van der Waals surface area contributed by atoms with E-state index in [9.17, 15) is 14.4 Å². The Bertz CT molecular complexity index is 1160. The van der Waals surface area contributed by atoms with E-state index in [-0.39, 0.29) is 29.0 Å². The van der Waals surface area contributed by atoms with E-state index < -0.39 is 0 Å². The number of benzene rings is 2. The number of aromatic nitrogens is 2. The van der Waals surface area contributed by atoms with Crippen molar-refractivity contribution in [3.63, 3.8) is 0 Å². The zero-order chi connectivity index (χ0) is 19.7. The van der Waals surface area contributed by atoms with Crippen molar-refractivity contribution in [3.8, 4) is 0 Å². The Morgan fingerprint density at radius 1 is 1.11 bits per heavy atom. The number of hydrogen-bond donors (Lipinski definition) is 2. The molecule has 1 aromatic heterocycles. The predicted molar refractivity (Wildman–Crippen MR) is 112 cm³/mol. The molecule has 6 nitrogen and oxygen atoms in total. The molecule has 0 radical (unpaired) electrons. The van der Waals surface area contributed by atoms with Crippen LogP contribution < -0.4 is 16.4 Å². The first-order chi connectivity index (χ1) is 13.5. The van der Waals surface area contributed by atoms with Gasteiger partial charge in [-0.15, -0.1) is 0 Å². The van der Waals surface area contributed by atoms with Crippen LogP contribution in [0.1, 0.15) is 24.8 Å². The maximum atomic E-state index is 12.6.